The van der Waals surface area contributed by atoms with Crippen molar-refractivity contribution in [2.24, 2.45) is 0 Å². The Bertz CT molecular complexity index is 312. The van der Waals surface area contributed by atoms with Gasteiger partial charge in [0, 0.05) is 0 Å². The quantitative estimate of drug-likeness (QED) is 0.743. The summed E-state index contributed by atoms with van der Waals surface area (Å²) in [4.78, 5) is 0. The Hall–Kier alpha value is -0.900. The molecule has 1 heterocycles. The van der Waals surface area contributed by atoms with E-state index in [2.05, 4.69) is 0 Å². The summed E-state index contributed by atoms with van der Waals surface area (Å²) in [6, 6.07) is 10.0. The molecule has 0 amide bonds. The molecule has 0 spiro atoms. The van der Waals surface area contributed by atoms with Crippen LogP contribution in [-0.2, 0) is 16.1 Å². The summed E-state index contributed by atoms with van der Waals surface area (Å²) in [5, 5.41) is 8.97. The summed E-state index contributed by atoms with van der Waals surface area (Å²) in [7, 11) is 0. The zero-order chi connectivity index (χ0) is 10.7. The van der Waals surface area contributed by atoms with E-state index < -0.39 is 0 Å². The topological polar surface area (TPSA) is 42.0 Å². The highest BCUT2D eigenvalue weighted by atomic mass is 16.6. The van der Waals surface area contributed by atoms with Gasteiger partial charge in [-0.25, -0.2) is 0 Å². The molecule has 15 heavy (non-hydrogen) atoms. The fourth-order valence-corrected chi connectivity index (χ4v) is 1.50. The van der Waals surface area contributed by atoms with E-state index in [1.807, 2.05) is 37.3 Å². The first-order valence-electron chi connectivity index (χ1n) is 5.15. The van der Waals surface area contributed by atoms with Crippen LogP contribution in [-0.4, -0.2) is 30.0 Å². The largest absolute Gasteiger partial charge is 0.393 e. The highest BCUT2D eigenvalue weighted by Gasteiger charge is 2.51. The maximum absolute atomic E-state index is 8.97. The molecule has 1 aromatic carbocycles. The predicted octanol–water partition coefficient (Wildman–Crippen LogP) is 1.35. The highest BCUT2D eigenvalue weighted by Crippen LogP contribution is 2.35. The molecule has 0 bridgehead atoms. The van der Waals surface area contributed by atoms with Crippen molar-refractivity contribution >= 4 is 0 Å². The second-order valence-corrected chi connectivity index (χ2v) is 4.08. The number of aliphatic hydroxyl groups excluding tert-OH is 1. The van der Waals surface area contributed by atoms with Crippen molar-refractivity contribution < 1.29 is 14.6 Å². The minimum atomic E-state index is -0.364. The van der Waals surface area contributed by atoms with E-state index in [4.69, 9.17) is 14.6 Å². The number of epoxide rings is 1. The van der Waals surface area contributed by atoms with Crippen molar-refractivity contribution in [3.05, 3.63) is 35.9 Å². The minimum absolute atomic E-state index is 0.0474. The average molecular weight is 208 g/mol. The fraction of sp³-hybridized carbons (Fsp3) is 0.500. The van der Waals surface area contributed by atoms with Gasteiger partial charge in [-0.2, -0.15) is 0 Å². The van der Waals surface area contributed by atoms with E-state index >= 15 is 0 Å². The molecule has 3 heteroatoms. The Kier molecular flexibility index (Phi) is 3.05. The van der Waals surface area contributed by atoms with Crippen molar-refractivity contribution in [3.63, 3.8) is 0 Å². The molecule has 0 aromatic heterocycles. The van der Waals surface area contributed by atoms with Crippen LogP contribution in [0.1, 0.15) is 12.5 Å². The third kappa shape index (κ3) is 2.56. The molecule has 1 aromatic rings. The Morgan fingerprint density at radius 2 is 2.13 bits per heavy atom. The van der Waals surface area contributed by atoms with Crippen LogP contribution >= 0.6 is 0 Å². The van der Waals surface area contributed by atoms with Crippen molar-refractivity contribution in [3.8, 4) is 0 Å². The van der Waals surface area contributed by atoms with Crippen molar-refractivity contribution in [2.75, 3.05) is 13.2 Å². The van der Waals surface area contributed by atoms with Gasteiger partial charge in [0.25, 0.3) is 0 Å². The van der Waals surface area contributed by atoms with Gasteiger partial charge < -0.3 is 14.6 Å². The van der Waals surface area contributed by atoms with Crippen LogP contribution < -0.4 is 0 Å². The first kappa shape index (κ1) is 10.6. The number of aliphatic hydroxyl groups is 1. The molecule has 1 fully saturated rings. The molecule has 2 rings (SSSR count). The molecule has 1 saturated heterocycles. The lowest BCUT2D eigenvalue weighted by molar-refractivity contribution is 0.104. The van der Waals surface area contributed by atoms with Crippen LogP contribution in [0.3, 0.4) is 0 Å². The molecule has 0 saturated carbocycles. The molecule has 0 radical (unpaired) electrons. The summed E-state index contributed by atoms with van der Waals surface area (Å²) in [5.41, 5.74) is 0.792. The van der Waals surface area contributed by atoms with Crippen LogP contribution in [0, 0.1) is 0 Å². The number of ether oxygens (including phenoxy) is 2. The fourth-order valence-electron chi connectivity index (χ4n) is 1.50. The highest BCUT2D eigenvalue weighted by molar-refractivity contribution is 5.13. The van der Waals surface area contributed by atoms with E-state index in [-0.39, 0.29) is 18.3 Å². The van der Waals surface area contributed by atoms with Crippen LogP contribution in [0.25, 0.3) is 0 Å². The second-order valence-electron chi connectivity index (χ2n) is 4.08. The van der Waals surface area contributed by atoms with Crippen molar-refractivity contribution in [2.45, 2.75) is 25.2 Å². The lowest BCUT2D eigenvalue weighted by atomic mass is 10.1. The number of rotatable bonds is 5. The Morgan fingerprint density at radius 1 is 1.40 bits per heavy atom. The summed E-state index contributed by atoms with van der Waals surface area (Å²) in [5.74, 6) is 0. The SMILES string of the molecule is C[C@]1(CO)O[C@@H]1COCc1ccccc1. The number of hydrogen-bond acceptors (Lipinski definition) is 3. The summed E-state index contributed by atoms with van der Waals surface area (Å²) in [6.07, 6.45) is 0.0474. The molecule has 0 aliphatic carbocycles. The lowest BCUT2D eigenvalue weighted by Crippen LogP contribution is -2.18. The van der Waals surface area contributed by atoms with Gasteiger partial charge in [0.2, 0.25) is 0 Å². The van der Waals surface area contributed by atoms with Gasteiger partial charge in [0.15, 0.2) is 0 Å². The Balaban J connectivity index is 1.69. The Labute approximate surface area is 89.6 Å². The average Bonchev–Trinajstić information content (AvgIpc) is 2.92. The summed E-state index contributed by atoms with van der Waals surface area (Å²) < 4.78 is 10.8. The maximum Gasteiger partial charge on any atom is 0.117 e. The molecule has 82 valence electrons. The smallest absolute Gasteiger partial charge is 0.117 e. The van der Waals surface area contributed by atoms with E-state index in [1.54, 1.807) is 0 Å². The van der Waals surface area contributed by atoms with Gasteiger partial charge in [-0.1, -0.05) is 30.3 Å². The first-order chi connectivity index (χ1) is 7.24. The van der Waals surface area contributed by atoms with Gasteiger partial charge in [0.05, 0.1) is 19.8 Å². The molecule has 1 N–H and O–H groups in total. The molecule has 1 aliphatic rings. The molecular formula is C12H16O3. The summed E-state index contributed by atoms with van der Waals surface area (Å²) in [6.45, 7) is 3.10. The third-order valence-electron chi connectivity index (χ3n) is 2.73. The van der Waals surface area contributed by atoms with Gasteiger partial charge in [-0.15, -0.1) is 0 Å². The standard InChI is InChI=1S/C12H16O3/c1-12(9-13)11(15-12)8-14-7-10-5-3-2-4-6-10/h2-6,11,13H,7-9H2,1H3/t11-,12-/m1/s1. The number of benzene rings is 1. The van der Waals surface area contributed by atoms with Gasteiger partial charge in [-0.05, 0) is 12.5 Å². The lowest BCUT2D eigenvalue weighted by Gasteiger charge is -2.03. The molecule has 3 nitrogen and oxygen atoms in total. The van der Waals surface area contributed by atoms with E-state index in [0.29, 0.717) is 13.2 Å². The summed E-state index contributed by atoms with van der Waals surface area (Å²) >= 11 is 0. The normalized spacial score (nSPS) is 29.1. The predicted molar refractivity (Wildman–Crippen MR) is 56.5 cm³/mol. The van der Waals surface area contributed by atoms with Gasteiger partial charge >= 0.3 is 0 Å². The van der Waals surface area contributed by atoms with Crippen molar-refractivity contribution in [1.82, 2.24) is 0 Å². The van der Waals surface area contributed by atoms with E-state index in [1.165, 1.54) is 0 Å². The number of hydrogen-bond donors (Lipinski definition) is 1. The van der Waals surface area contributed by atoms with Gasteiger partial charge in [0.1, 0.15) is 11.7 Å². The molecule has 1 aliphatic heterocycles. The molecular weight excluding hydrogens is 192 g/mol. The van der Waals surface area contributed by atoms with E-state index in [9.17, 15) is 0 Å². The van der Waals surface area contributed by atoms with Crippen LogP contribution in [0.5, 0.6) is 0 Å². The third-order valence-corrected chi connectivity index (χ3v) is 2.73. The zero-order valence-electron chi connectivity index (χ0n) is 8.85. The monoisotopic (exact) mass is 208 g/mol. The maximum atomic E-state index is 8.97. The first-order valence-corrected chi connectivity index (χ1v) is 5.15. The minimum Gasteiger partial charge on any atom is -0.393 e. The Morgan fingerprint density at radius 3 is 2.73 bits per heavy atom. The van der Waals surface area contributed by atoms with Crippen LogP contribution in [0.15, 0.2) is 30.3 Å². The second kappa shape index (κ2) is 4.31. The van der Waals surface area contributed by atoms with Crippen LogP contribution in [0.2, 0.25) is 0 Å². The van der Waals surface area contributed by atoms with E-state index in [0.717, 1.165) is 5.56 Å². The molecule has 0 unspecified atom stereocenters. The van der Waals surface area contributed by atoms with Crippen molar-refractivity contribution in [1.29, 1.82) is 0 Å². The molecule has 2 atom stereocenters. The zero-order valence-corrected chi connectivity index (χ0v) is 8.85. The van der Waals surface area contributed by atoms with Crippen LogP contribution in [0.4, 0.5) is 0 Å². The van der Waals surface area contributed by atoms with Gasteiger partial charge in [-0.3, -0.25) is 0 Å².